The van der Waals surface area contributed by atoms with Crippen LogP contribution < -0.4 is 10.5 Å². The van der Waals surface area contributed by atoms with Gasteiger partial charge in [0.25, 0.3) is 0 Å². The number of thioether (sulfide) groups is 1. The summed E-state index contributed by atoms with van der Waals surface area (Å²) in [6.45, 7) is 0.321. The zero-order chi connectivity index (χ0) is 13.7. The Kier molecular flexibility index (Phi) is 4.75. The summed E-state index contributed by atoms with van der Waals surface area (Å²) in [4.78, 5) is 0.264. The number of sulfonamides is 1. The molecule has 0 aliphatic heterocycles. The van der Waals surface area contributed by atoms with Crippen LogP contribution in [-0.2, 0) is 10.0 Å². The van der Waals surface area contributed by atoms with E-state index in [2.05, 4.69) is 14.9 Å². The third kappa shape index (κ3) is 4.16. The lowest BCUT2D eigenvalue weighted by Crippen LogP contribution is -2.25. The van der Waals surface area contributed by atoms with E-state index < -0.39 is 10.0 Å². The van der Waals surface area contributed by atoms with Gasteiger partial charge in [0.05, 0.1) is 4.90 Å². The van der Waals surface area contributed by atoms with Crippen molar-refractivity contribution in [3.05, 3.63) is 30.3 Å². The van der Waals surface area contributed by atoms with E-state index in [-0.39, 0.29) is 4.90 Å². The van der Waals surface area contributed by atoms with Crippen LogP contribution in [0, 0.1) is 0 Å². The molecule has 1 aromatic heterocycles. The van der Waals surface area contributed by atoms with E-state index in [9.17, 15) is 8.42 Å². The Morgan fingerprint density at radius 2 is 2.00 bits per heavy atom. The minimum absolute atomic E-state index is 0.264. The molecule has 0 saturated heterocycles. The summed E-state index contributed by atoms with van der Waals surface area (Å²) in [5.41, 5.74) is 5.45. The van der Waals surface area contributed by atoms with Crippen molar-refractivity contribution in [2.24, 2.45) is 0 Å². The monoisotopic (exact) mass is 316 g/mol. The van der Waals surface area contributed by atoms with Gasteiger partial charge < -0.3 is 5.73 Å². The van der Waals surface area contributed by atoms with Gasteiger partial charge in [0.2, 0.25) is 15.2 Å². The summed E-state index contributed by atoms with van der Waals surface area (Å²) >= 11 is 2.70. The quantitative estimate of drug-likeness (QED) is 0.613. The van der Waals surface area contributed by atoms with Crippen molar-refractivity contribution in [3.8, 4) is 0 Å². The minimum atomic E-state index is -3.43. The number of anilines is 1. The molecule has 0 aliphatic rings. The third-order valence-electron chi connectivity index (χ3n) is 2.10. The van der Waals surface area contributed by atoms with E-state index in [4.69, 9.17) is 5.73 Å². The Bertz CT molecular complexity index is 627. The van der Waals surface area contributed by atoms with Crippen molar-refractivity contribution in [2.45, 2.75) is 9.24 Å². The van der Waals surface area contributed by atoms with Crippen molar-refractivity contribution < 1.29 is 8.42 Å². The fraction of sp³-hybridized carbons (Fsp3) is 0.200. The molecule has 0 saturated carbocycles. The van der Waals surface area contributed by atoms with Gasteiger partial charge in [-0.1, -0.05) is 41.3 Å². The maximum Gasteiger partial charge on any atom is 0.240 e. The highest BCUT2D eigenvalue weighted by molar-refractivity contribution is 8.01. The Morgan fingerprint density at radius 1 is 1.26 bits per heavy atom. The molecule has 0 spiro atoms. The number of nitrogens with one attached hydrogen (secondary N) is 1. The van der Waals surface area contributed by atoms with E-state index in [1.165, 1.54) is 23.1 Å². The average molecular weight is 316 g/mol. The van der Waals surface area contributed by atoms with Crippen LogP contribution in [0.15, 0.2) is 39.6 Å². The summed E-state index contributed by atoms with van der Waals surface area (Å²) < 4.78 is 27.0. The van der Waals surface area contributed by atoms with Gasteiger partial charge in [0.1, 0.15) is 0 Å². The SMILES string of the molecule is Nc1nnc(SCCNS(=O)(=O)c2ccccc2)s1. The maximum absolute atomic E-state index is 11.9. The lowest BCUT2D eigenvalue weighted by Gasteiger charge is -2.05. The van der Waals surface area contributed by atoms with Crippen LogP contribution in [-0.4, -0.2) is 30.9 Å². The molecule has 0 aliphatic carbocycles. The second-order valence-corrected chi connectivity index (χ2v) is 7.58. The fourth-order valence-electron chi connectivity index (χ4n) is 1.28. The van der Waals surface area contributed by atoms with Gasteiger partial charge in [-0.25, -0.2) is 13.1 Å². The predicted molar refractivity (Wildman–Crippen MR) is 76.7 cm³/mol. The number of aromatic nitrogens is 2. The first-order valence-corrected chi connectivity index (χ1v) is 8.63. The van der Waals surface area contributed by atoms with Crippen LogP contribution in [0.1, 0.15) is 0 Å². The summed E-state index contributed by atoms with van der Waals surface area (Å²) in [5, 5.41) is 7.93. The summed E-state index contributed by atoms with van der Waals surface area (Å²) in [6, 6.07) is 8.26. The molecule has 1 aromatic carbocycles. The molecule has 2 rings (SSSR count). The molecular formula is C10H12N4O2S3. The minimum Gasteiger partial charge on any atom is -0.374 e. The van der Waals surface area contributed by atoms with Crippen LogP contribution in [0.5, 0.6) is 0 Å². The van der Waals surface area contributed by atoms with Crippen LogP contribution in [0.4, 0.5) is 5.13 Å². The molecule has 9 heteroatoms. The lowest BCUT2D eigenvalue weighted by atomic mass is 10.4. The third-order valence-corrected chi connectivity index (χ3v) is 5.46. The van der Waals surface area contributed by atoms with Gasteiger partial charge in [-0.2, -0.15) is 0 Å². The summed E-state index contributed by atoms with van der Waals surface area (Å²) in [5.74, 6) is 0.570. The zero-order valence-electron chi connectivity index (χ0n) is 9.81. The molecule has 2 aromatic rings. The van der Waals surface area contributed by atoms with Crippen LogP contribution >= 0.6 is 23.1 Å². The van der Waals surface area contributed by atoms with Gasteiger partial charge in [-0.3, -0.25) is 0 Å². The van der Waals surface area contributed by atoms with Crippen molar-refractivity contribution in [3.63, 3.8) is 0 Å². The Morgan fingerprint density at radius 3 is 2.63 bits per heavy atom. The highest BCUT2D eigenvalue weighted by atomic mass is 32.2. The highest BCUT2D eigenvalue weighted by Gasteiger charge is 2.12. The van der Waals surface area contributed by atoms with Crippen molar-refractivity contribution in [1.29, 1.82) is 0 Å². The molecular weight excluding hydrogens is 304 g/mol. The Balaban J connectivity index is 1.82. The molecule has 0 radical (unpaired) electrons. The first-order valence-electron chi connectivity index (χ1n) is 5.34. The molecule has 0 bridgehead atoms. The average Bonchev–Trinajstić information content (AvgIpc) is 2.82. The van der Waals surface area contributed by atoms with E-state index >= 15 is 0 Å². The molecule has 3 N–H and O–H groups in total. The zero-order valence-corrected chi connectivity index (χ0v) is 12.3. The van der Waals surface area contributed by atoms with E-state index in [1.807, 2.05) is 0 Å². The highest BCUT2D eigenvalue weighted by Crippen LogP contribution is 2.22. The van der Waals surface area contributed by atoms with Gasteiger partial charge in [0.15, 0.2) is 4.34 Å². The number of rotatable bonds is 6. The lowest BCUT2D eigenvalue weighted by molar-refractivity contribution is 0.584. The first kappa shape index (κ1) is 14.3. The molecule has 19 heavy (non-hydrogen) atoms. The molecule has 0 unspecified atom stereocenters. The molecule has 1 heterocycles. The number of hydrogen-bond donors (Lipinski definition) is 2. The molecule has 6 nitrogen and oxygen atoms in total. The number of hydrogen-bond acceptors (Lipinski definition) is 7. The van der Waals surface area contributed by atoms with Crippen molar-refractivity contribution >= 4 is 38.3 Å². The smallest absolute Gasteiger partial charge is 0.240 e. The van der Waals surface area contributed by atoms with Crippen LogP contribution in [0.2, 0.25) is 0 Å². The van der Waals surface area contributed by atoms with Crippen molar-refractivity contribution in [1.82, 2.24) is 14.9 Å². The number of benzene rings is 1. The Labute approximate surface area is 119 Å². The van der Waals surface area contributed by atoms with Crippen LogP contribution in [0.3, 0.4) is 0 Å². The van der Waals surface area contributed by atoms with E-state index in [1.54, 1.807) is 30.3 Å². The Hall–Kier alpha value is -1.16. The normalized spacial score (nSPS) is 11.6. The fourth-order valence-corrected chi connectivity index (χ4v) is 4.02. The molecule has 0 fully saturated rings. The summed E-state index contributed by atoms with van der Waals surface area (Å²) in [6.07, 6.45) is 0. The van der Waals surface area contributed by atoms with Gasteiger partial charge in [0, 0.05) is 12.3 Å². The number of nitrogens with two attached hydrogens (primary N) is 1. The van der Waals surface area contributed by atoms with Crippen LogP contribution in [0.25, 0.3) is 0 Å². The maximum atomic E-state index is 11.9. The summed E-state index contributed by atoms with van der Waals surface area (Å²) in [7, 11) is -3.43. The van der Waals surface area contributed by atoms with Gasteiger partial charge in [-0.05, 0) is 12.1 Å². The largest absolute Gasteiger partial charge is 0.374 e. The van der Waals surface area contributed by atoms with E-state index in [0.29, 0.717) is 17.4 Å². The molecule has 0 atom stereocenters. The van der Waals surface area contributed by atoms with Crippen molar-refractivity contribution in [2.75, 3.05) is 18.0 Å². The van der Waals surface area contributed by atoms with E-state index in [0.717, 1.165) is 4.34 Å². The predicted octanol–water partition coefficient (Wildman–Crippen LogP) is 1.19. The number of nitrogen functional groups attached to an aromatic ring is 1. The first-order chi connectivity index (χ1) is 9.08. The molecule has 0 amide bonds. The molecule has 102 valence electrons. The second kappa shape index (κ2) is 6.33. The number of nitrogens with zero attached hydrogens (tertiary/aromatic N) is 2. The topological polar surface area (TPSA) is 98.0 Å². The van der Waals surface area contributed by atoms with Gasteiger partial charge in [-0.15, -0.1) is 10.2 Å². The second-order valence-electron chi connectivity index (χ2n) is 3.47. The standard InChI is InChI=1S/C10H12N4O2S3/c11-9-13-14-10(18-9)17-7-6-12-19(15,16)8-4-2-1-3-5-8/h1-5,12H,6-7H2,(H2,11,13). The van der Waals surface area contributed by atoms with Gasteiger partial charge >= 0.3 is 0 Å².